The van der Waals surface area contributed by atoms with Crippen molar-refractivity contribution in [2.45, 2.75) is 69.9 Å². The van der Waals surface area contributed by atoms with Crippen molar-refractivity contribution in [2.75, 3.05) is 32.8 Å². The van der Waals surface area contributed by atoms with E-state index in [2.05, 4.69) is 97.2 Å². The van der Waals surface area contributed by atoms with Crippen LogP contribution in [0.2, 0.25) is 0 Å². The zero-order valence-corrected chi connectivity index (χ0v) is 36.9. The molecule has 1 aliphatic carbocycles. The second-order valence-corrected chi connectivity index (χ2v) is 16.2. The summed E-state index contributed by atoms with van der Waals surface area (Å²) < 4.78 is 11.0. The lowest BCUT2D eigenvalue weighted by atomic mass is 9.98. The first-order valence-corrected chi connectivity index (χ1v) is 22.5. The molecule has 0 saturated carbocycles. The van der Waals surface area contributed by atoms with Gasteiger partial charge in [0, 0.05) is 38.5 Å². The number of amides is 4. The number of unbranched alkanes of at least 4 members (excludes halogenated alkanes) is 2. The van der Waals surface area contributed by atoms with Crippen LogP contribution in [0.1, 0.15) is 84.1 Å². The minimum atomic E-state index is -1.10. The van der Waals surface area contributed by atoms with Crippen molar-refractivity contribution < 1.29 is 33.8 Å². The number of aryl methyl sites for hydroxylation is 2. The first kappa shape index (κ1) is 46.4. The van der Waals surface area contributed by atoms with Crippen LogP contribution in [0.25, 0.3) is 22.3 Å². The summed E-state index contributed by atoms with van der Waals surface area (Å²) in [4.78, 5) is 52.0. The predicted molar refractivity (Wildman–Crippen MR) is 249 cm³/mol. The van der Waals surface area contributed by atoms with Crippen LogP contribution in [0, 0.1) is 0 Å². The second kappa shape index (κ2) is 23.9. The Labute approximate surface area is 384 Å². The van der Waals surface area contributed by atoms with Gasteiger partial charge in [-0.05, 0) is 95.0 Å². The molecule has 5 N–H and O–H groups in total. The highest BCUT2D eigenvalue weighted by Crippen LogP contribution is 2.44. The SMILES string of the molecule is O=C(O)NCCCC[C@@H](c1nn[nH]n1)N(CCNC(=O)OCC1c2ccccc2-c2ccccc21)C(=O)CCc1ccc(-c2ccc(CCCCNC(=O)OCc3ccccc3)cc2)cc1. The largest absolute Gasteiger partial charge is 0.465 e. The highest BCUT2D eigenvalue weighted by molar-refractivity contribution is 5.79. The summed E-state index contributed by atoms with van der Waals surface area (Å²) in [6.45, 7) is 1.51. The number of fused-ring (bicyclic) bond motifs is 3. The third-order valence-electron chi connectivity index (χ3n) is 11.7. The number of carbonyl (C=O) groups is 4. The molecule has 0 radical (unpaired) electrons. The number of carboxylic acid groups (broad SMARTS) is 1. The van der Waals surface area contributed by atoms with Gasteiger partial charge in [-0.2, -0.15) is 5.21 Å². The fourth-order valence-electron chi connectivity index (χ4n) is 8.32. The lowest BCUT2D eigenvalue weighted by Gasteiger charge is -2.30. The number of benzene rings is 5. The van der Waals surface area contributed by atoms with Gasteiger partial charge in [0.1, 0.15) is 13.2 Å². The molecule has 66 heavy (non-hydrogen) atoms. The van der Waals surface area contributed by atoms with Gasteiger partial charge in [-0.15, -0.1) is 10.2 Å². The Kier molecular flexibility index (Phi) is 16.8. The number of carbonyl (C=O) groups excluding carboxylic acids is 3. The van der Waals surface area contributed by atoms with Gasteiger partial charge in [0.2, 0.25) is 5.91 Å². The summed E-state index contributed by atoms with van der Waals surface area (Å²) in [5, 5.41) is 31.8. The van der Waals surface area contributed by atoms with E-state index in [4.69, 9.17) is 14.6 Å². The summed E-state index contributed by atoms with van der Waals surface area (Å²) in [5.74, 6) is 0.0941. The molecule has 0 fully saturated rings. The second-order valence-electron chi connectivity index (χ2n) is 16.2. The fraction of sp³-hybridized carbons (Fsp3) is 0.314. The van der Waals surface area contributed by atoms with Gasteiger partial charge < -0.3 is 35.4 Å². The predicted octanol–water partition coefficient (Wildman–Crippen LogP) is 8.59. The molecule has 7 rings (SSSR count). The Bertz CT molecular complexity index is 2440. The molecule has 0 saturated heterocycles. The van der Waals surface area contributed by atoms with E-state index in [1.165, 1.54) is 5.56 Å². The maximum Gasteiger partial charge on any atom is 0.407 e. The highest BCUT2D eigenvalue weighted by atomic mass is 16.6. The average molecular weight is 893 g/mol. The molecule has 15 heteroatoms. The Morgan fingerprint density at radius 2 is 1.23 bits per heavy atom. The molecule has 0 aliphatic heterocycles. The number of nitrogens with zero attached hydrogens (tertiary/aromatic N) is 4. The number of aromatic nitrogens is 4. The maximum atomic E-state index is 14.2. The number of H-pyrrole nitrogens is 1. The van der Waals surface area contributed by atoms with Crippen LogP contribution in [-0.2, 0) is 33.7 Å². The molecule has 1 aliphatic rings. The Balaban J connectivity index is 0.902. The Hall–Kier alpha value is -7.55. The first-order chi connectivity index (χ1) is 32.3. The van der Waals surface area contributed by atoms with Crippen molar-refractivity contribution in [1.29, 1.82) is 0 Å². The van der Waals surface area contributed by atoms with Crippen LogP contribution in [0.4, 0.5) is 14.4 Å². The summed E-state index contributed by atoms with van der Waals surface area (Å²) in [6, 6.07) is 42.0. The van der Waals surface area contributed by atoms with Crippen LogP contribution >= 0.6 is 0 Å². The van der Waals surface area contributed by atoms with Crippen LogP contribution in [0.5, 0.6) is 0 Å². The smallest absolute Gasteiger partial charge is 0.407 e. The van der Waals surface area contributed by atoms with E-state index >= 15 is 0 Å². The first-order valence-electron chi connectivity index (χ1n) is 22.5. The van der Waals surface area contributed by atoms with E-state index in [0.717, 1.165) is 63.8 Å². The number of nitrogens with one attached hydrogen (secondary N) is 4. The maximum absolute atomic E-state index is 14.2. The van der Waals surface area contributed by atoms with Gasteiger partial charge in [-0.3, -0.25) is 4.79 Å². The summed E-state index contributed by atoms with van der Waals surface area (Å²) in [5.41, 5.74) is 9.81. The van der Waals surface area contributed by atoms with Gasteiger partial charge >= 0.3 is 18.3 Å². The zero-order valence-electron chi connectivity index (χ0n) is 36.9. The van der Waals surface area contributed by atoms with Gasteiger partial charge in [-0.1, -0.05) is 133 Å². The Morgan fingerprint density at radius 1 is 0.636 bits per heavy atom. The molecule has 342 valence electrons. The van der Waals surface area contributed by atoms with Gasteiger partial charge in [-0.25, -0.2) is 14.4 Å². The summed E-state index contributed by atoms with van der Waals surface area (Å²) in [6.07, 6.45) is 2.82. The Morgan fingerprint density at radius 3 is 1.88 bits per heavy atom. The quantitative estimate of drug-likeness (QED) is 0.0388. The van der Waals surface area contributed by atoms with E-state index in [9.17, 15) is 19.2 Å². The summed E-state index contributed by atoms with van der Waals surface area (Å²) in [7, 11) is 0. The van der Waals surface area contributed by atoms with Crippen LogP contribution in [0.3, 0.4) is 0 Å². The number of rotatable bonds is 23. The zero-order chi connectivity index (χ0) is 45.9. The topological polar surface area (TPSA) is 201 Å². The van der Waals surface area contributed by atoms with Gasteiger partial charge in [0.25, 0.3) is 0 Å². The van der Waals surface area contributed by atoms with E-state index < -0.39 is 24.3 Å². The van der Waals surface area contributed by atoms with Crippen LogP contribution in [-0.4, -0.2) is 87.6 Å². The number of ether oxygens (including phenoxy) is 2. The average Bonchev–Trinajstić information content (AvgIpc) is 4.00. The molecular weight excluding hydrogens is 837 g/mol. The standard InChI is InChI=1S/C51H56N8O7/c60-47(29-24-37-22-27-40(28-23-37)39-25-20-36(21-26-39)12-8-10-31-53-50(63)65-34-38-13-2-1-3-14-38)59(46(48-55-57-58-56-48)19-9-11-30-52-49(61)62)33-32-54-51(64)66-35-45-43-17-6-4-15-41(43)42-16-5-7-18-44(42)45/h1-7,13-18,20-23,25-28,45-46,52H,8-12,19,24,29-35H2,(H,53,63)(H,54,64)(H,61,62)(H,55,56,57,58)/t46-/m0/s1. The minimum absolute atomic E-state index is 0.0874. The molecule has 1 aromatic heterocycles. The number of hydrogen-bond acceptors (Lipinski definition) is 9. The molecule has 6 aromatic rings. The number of tetrazole rings is 1. The summed E-state index contributed by atoms with van der Waals surface area (Å²) >= 11 is 0. The highest BCUT2D eigenvalue weighted by Gasteiger charge is 2.30. The number of aromatic amines is 1. The van der Waals surface area contributed by atoms with E-state index in [1.54, 1.807) is 4.90 Å². The van der Waals surface area contributed by atoms with E-state index in [-0.39, 0.29) is 51.1 Å². The number of hydrogen-bond donors (Lipinski definition) is 5. The third-order valence-corrected chi connectivity index (χ3v) is 11.7. The van der Waals surface area contributed by atoms with E-state index in [1.807, 2.05) is 66.7 Å². The van der Waals surface area contributed by atoms with Gasteiger partial charge in [0.15, 0.2) is 5.82 Å². The molecule has 5 aromatic carbocycles. The molecule has 0 spiro atoms. The van der Waals surface area contributed by atoms with Crippen molar-refractivity contribution in [3.63, 3.8) is 0 Å². The van der Waals surface area contributed by atoms with Crippen molar-refractivity contribution >= 4 is 24.2 Å². The molecule has 15 nitrogen and oxygen atoms in total. The molecule has 4 amide bonds. The molecular formula is C51H56N8O7. The third kappa shape index (κ3) is 13.3. The molecule has 1 heterocycles. The molecule has 0 unspecified atom stereocenters. The van der Waals surface area contributed by atoms with Crippen molar-refractivity contribution in [3.05, 3.63) is 161 Å². The monoisotopic (exact) mass is 892 g/mol. The van der Waals surface area contributed by atoms with Gasteiger partial charge in [0.05, 0.1) is 6.04 Å². The van der Waals surface area contributed by atoms with Crippen molar-refractivity contribution in [3.8, 4) is 22.3 Å². The molecule has 0 bridgehead atoms. The van der Waals surface area contributed by atoms with Crippen molar-refractivity contribution in [1.82, 2.24) is 41.5 Å². The molecule has 1 atom stereocenters. The van der Waals surface area contributed by atoms with Crippen LogP contribution < -0.4 is 16.0 Å². The van der Waals surface area contributed by atoms with Crippen LogP contribution in [0.15, 0.2) is 127 Å². The minimum Gasteiger partial charge on any atom is -0.465 e. The normalized spacial score (nSPS) is 12.1. The lowest BCUT2D eigenvalue weighted by molar-refractivity contribution is -0.134. The van der Waals surface area contributed by atoms with E-state index in [0.29, 0.717) is 38.1 Å². The van der Waals surface area contributed by atoms with Crippen molar-refractivity contribution in [2.24, 2.45) is 0 Å². The fourth-order valence-corrected chi connectivity index (χ4v) is 8.32. The lowest BCUT2D eigenvalue weighted by Crippen LogP contribution is -2.41. The number of alkyl carbamates (subject to hydrolysis) is 2.